The van der Waals surface area contributed by atoms with Gasteiger partial charge in [0.25, 0.3) is 0 Å². The first kappa shape index (κ1) is 36.9. The molecule has 3 aliphatic rings. The highest BCUT2D eigenvalue weighted by Crippen LogP contribution is 2.69. The Balaban J connectivity index is 1.67. The van der Waals surface area contributed by atoms with E-state index in [0.29, 0.717) is 6.42 Å². The van der Waals surface area contributed by atoms with Crippen molar-refractivity contribution in [1.29, 1.82) is 0 Å². The van der Waals surface area contributed by atoms with Crippen LogP contribution in [0, 0.1) is 11.3 Å². The van der Waals surface area contributed by atoms with Gasteiger partial charge in [0.15, 0.2) is 6.10 Å². The Bertz CT molecular complexity index is 1250. The first-order valence-corrected chi connectivity index (χ1v) is 17.3. The second-order valence-electron chi connectivity index (χ2n) is 14.6. The van der Waals surface area contributed by atoms with E-state index < -0.39 is 76.4 Å². The molecule has 47 heavy (non-hydrogen) atoms. The normalized spacial score (nSPS) is 33.8. The molecule has 2 heterocycles. The van der Waals surface area contributed by atoms with E-state index in [-0.39, 0.29) is 25.0 Å². The second-order valence-corrected chi connectivity index (χ2v) is 14.6. The third-order valence-electron chi connectivity index (χ3n) is 10.7. The van der Waals surface area contributed by atoms with Gasteiger partial charge in [-0.2, -0.15) is 0 Å². The molecule has 264 valence electrons. The molecule has 1 aromatic heterocycles. The molecule has 0 aromatic carbocycles. The minimum Gasteiger partial charge on any atom is -0.459 e. The maximum absolute atomic E-state index is 13.5. The topological polar surface area (TPSA) is 148 Å². The van der Waals surface area contributed by atoms with Crippen LogP contribution in [0.15, 0.2) is 22.8 Å². The number of aliphatic hydroxyl groups is 1. The van der Waals surface area contributed by atoms with E-state index in [1.807, 2.05) is 13.8 Å². The van der Waals surface area contributed by atoms with E-state index in [2.05, 4.69) is 6.92 Å². The molecule has 2 saturated carbocycles. The lowest BCUT2D eigenvalue weighted by atomic mass is 9.47. The van der Waals surface area contributed by atoms with Crippen molar-refractivity contribution in [3.63, 3.8) is 0 Å². The summed E-state index contributed by atoms with van der Waals surface area (Å²) in [6.45, 7) is 11.6. The van der Waals surface area contributed by atoms with Gasteiger partial charge in [-0.25, -0.2) is 4.79 Å². The Kier molecular flexibility index (Phi) is 11.5. The van der Waals surface area contributed by atoms with Crippen LogP contribution in [-0.4, -0.2) is 70.2 Å². The van der Waals surface area contributed by atoms with Crippen molar-refractivity contribution in [2.24, 2.45) is 11.3 Å². The third kappa shape index (κ3) is 7.26. The fourth-order valence-electron chi connectivity index (χ4n) is 8.55. The van der Waals surface area contributed by atoms with Crippen molar-refractivity contribution in [1.82, 2.24) is 0 Å². The average Bonchev–Trinajstić information content (AvgIpc) is 3.57. The lowest BCUT2D eigenvalue weighted by Gasteiger charge is -2.65. The Hall–Kier alpha value is -2.92. The summed E-state index contributed by atoms with van der Waals surface area (Å²) in [5, 5.41) is 12.4. The van der Waals surface area contributed by atoms with Crippen molar-refractivity contribution in [3.05, 3.63) is 24.2 Å². The Morgan fingerprint density at radius 1 is 0.851 bits per heavy atom. The first-order valence-electron chi connectivity index (χ1n) is 17.3. The van der Waals surface area contributed by atoms with Gasteiger partial charge in [-0.1, -0.05) is 58.3 Å². The number of ether oxygens (including phenoxy) is 5. The lowest BCUT2D eigenvalue weighted by Crippen LogP contribution is -2.81. The number of carbonyl (C=O) groups is 4. The van der Waals surface area contributed by atoms with Crippen LogP contribution in [0.2, 0.25) is 0 Å². The molecular formula is C36H54O11. The molecule has 2 unspecified atom stereocenters. The summed E-state index contributed by atoms with van der Waals surface area (Å²) in [5.74, 6) is -3.03. The van der Waals surface area contributed by atoms with Gasteiger partial charge in [0.2, 0.25) is 5.76 Å². The van der Waals surface area contributed by atoms with Crippen LogP contribution in [0.25, 0.3) is 0 Å². The predicted molar refractivity (Wildman–Crippen MR) is 170 cm³/mol. The van der Waals surface area contributed by atoms with Crippen molar-refractivity contribution < 1.29 is 52.4 Å². The molecule has 1 aliphatic heterocycles. The summed E-state index contributed by atoms with van der Waals surface area (Å²) in [6.07, 6.45) is 7.08. The minimum atomic E-state index is -1.80. The van der Waals surface area contributed by atoms with E-state index in [0.717, 1.165) is 19.3 Å². The Labute approximate surface area is 278 Å². The molecule has 11 heteroatoms. The van der Waals surface area contributed by atoms with Gasteiger partial charge >= 0.3 is 23.9 Å². The summed E-state index contributed by atoms with van der Waals surface area (Å²) < 4.78 is 36.2. The van der Waals surface area contributed by atoms with Gasteiger partial charge < -0.3 is 33.2 Å². The van der Waals surface area contributed by atoms with Gasteiger partial charge in [-0.3, -0.25) is 14.4 Å². The first-order chi connectivity index (χ1) is 22.1. The van der Waals surface area contributed by atoms with Crippen molar-refractivity contribution in [3.8, 4) is 0 Å². The molecule has 11 nitrogen and oxygen atoms in total. The van der Waals surface area contributed by atoms with Crippen LogP contribution >= 0.6 is 0 Å². The van der Waals surface area contributed by atoms with Crippen LogP contribution in [0.1, 0.15) is 136 Å². The number of hydrogen-bond acceptors (Lipinski definition) is 11. The molecule has 1 N–H and O–H groups in total. The quantitative estimate of drug-likeness (QED) is 0.129. The maximum Gasteiger partial charge on any atom is 0.374 e. The Morgan fingerprint density at radius 2 is 1.47 bits per heavy atom. The van der Waals surface area contributed by atoms with Crippen LogP contribution in [0.5, 0.6) is 0 Å². The number of fused-ring (bicyclic) bond motifs is 1. The molecular weight excluding hydrogens is 608 g/mol. The highest BCUT2D eigenvalue weighted by atomic mass is 16.6. The number of hydrogen-bond donors (Lipinski definition) is 1. The van der Waals surface area contributed by atoms with Gasteiger partial charge in [0.1, 0.15) is 23.9 Å². The molecule has 1 saturated heterocycles. The highest BCUT2D eigenvalue weighted by molar-refractivity contribution is 5.86. The number of carbonyl (C=O) groups excluding carboxylic acids is 4. The molecule has 1 aromatic rings. The fraction of sp³-hybridized carbons (Fsp3) is 0.778. The number of rotatable bonds is 15. The number of furan rings is 1. The van der Waals surface area contributed by atoms with E-state index >= 15 is 0 Å². The molecule has 3 fully saturated rings. The summed E-state index contributed by atoms with van der Waals surface area (Å²) >= 11 is 0. The van der Waals surface area contributed by atoms with E-state index in [9.17, 15) is 24.3 Å². The molecule has 2 bridgehead atoms. The van der Waals surface area contributed by atoms with Crippen LogP contribution in [0.3, 0.4) is 0 Å². The zero-order valence-electron chi connectivity index (χ0n) is 29.1. The standard InChI is InChI=1S/C36H54O11/c1-8-9-10-11-12-13-14-15-16-19-29(39)46-30-25-21-28(45-32(40)26-18-17-20-42-26)35(7)31(44-24(3)38)27(43-23(2)37)22-34(6,41)36(30,35)47-33(25,4)5/h17-18,20,25,27-28,30-31,41H,8-16,19,21-22H2,1-7H3/t25?,27-,28-,30+,31-,34-,35+,36?/m0/s1. The SMILES string of the molecule is CCCCCCCCCCCC(=O)O[C@@H]1C2C[C@H](OC(=O)c3ccco3)[C@]3(C)[C@@H](OC(C)=O)[C@@H](OC(C)=O)C[C@](C)(O)C13OC2(C)C. The molecule has 1 spiro atoms. The van der Waals surface area contributed by atoms with Crippen molar-refractivity contribution in [2.45, 2.75) is 167 Å². The summed E-state index contributed by atoms with van der Waals surface area (Å²) in [7, 11) is 0. The van der Waals surface area contributed by atoms with E-state index in [4.69, 9.17) is 28.1 Å². The molecule has 0 radical (unpaired) electrons. The van der Waals surface area contributed by atoms with Gasteiger partial charge in [0, 0.05) is 32.6 Å². The lowest BCUT2D eigenvalue weighted by molar-refractivity contribution is -0.344. The molecule has 0 amide bonds. The highest BCUT2D eigenvalue weighted by Gasteiger charge is 2.84. The Morgan fingerprint density at radius 3 is 2.04 bits per heavy atom. The maximum atomic E-state index is 13.5. The molecule has 8 atom stereocenters. The van der Waals surface area contributed by atoms with E-state index in [1.165, 1.54) is 58.3 Å². The van der Waals surface area contributed by atoms with Crippen LogP contribution < -0.4 is 0 Å². The zero-order chi connectivity index (χ0) is 34.6. The summed E-state index contributed by atoms with van der Waals surface area (Å²) in [4.78, 5) is 51.8. The third-order valence-corrected chi connectivity index (χ3v) is 10.7. The minimum absolute atomic E-state index is 0.0344. The van der Waals surface area contributed by atoms with Gasteiger partial charge in [-0.05, 0) is 52.7 Å². The number of unbranched alkanes of at least 4 members (excludes halogenated alkanes) is 8. The summed E-state index contributed by atoms with van der Waals surface area (Å²) in [5.41, 5.74) is -6.06. The molecule has 4 rings (SSSR count). The zero-order valence-corrected chi connectivity index (χ0v) is 29.1. The number of esters is 4. The van der Waals surface area contributed by atoms with E-state index in [1.54, 1.807) is 19.9 Å². The van der Waals surface area contributed by atoms with Crippen LogP contribution in [-0.2, 0) is 38.1 Å². The summed E-state index contributed by atoms with van der Waals surface area (Å²) in [6, 6.07) is 3.03. The monoisotopic (exact) mass is 662 g/mol. The van der Waals surface area contributed by atoms with Crippen LogP contribution in [0.4, 0.5) is 0 Å². The average molecular weight is 663 g/mol. The second kappa shape index (κ2) is 14.7. The van der Waals surface area contributed by atoms with Gasteiger partial charge in [-0.15, -0.1) is 0 Å². The van der Waals surface area contributed by atoms with Crippen molar-refractivity contribution >= 4 is 23.9 Å². The fourth-order valence-corrected chi connectivity index (χ4v) is 8.55. The predicted octanol–water partition coefficient (Wildman–Crippen LogP) is 6.23. The van der Waals surface area contributed by atoms with Gasteiger partial charge in [0.05, 0.1) is 22.9 Å². The molecule has 2 aliphatic carbocycles. The smallest absolute Gasteiger partial charge is 0.374 e. The largest absolute Gasteiger partial charge is 0.459 e. The van der Waals surface area contributed by atoms with Crippen molar-refractivity contribution in [2.75, 3.05) is 0 Å².